The van der Waals surface area contributed by atoms with E-state index in [1.165, 1.54) is 0 Å². The standard InChI is InChI=1S/C11H19N3O2/c1-7-4-9(5-8(2)15-7)16-11-10(12)6-14(3)13-11/h6-9H,4-5,12H2,1-3H3. The number of anilines is 1. The van der Waals surface area contributed by atoms with E-state index in [0.717, 1.165) is 12.8 Å². The van der Waals surface area contributed by atoms with E-state index < -0.39 is 0 Å². The van der Waals surface area contributed by atoms with E-state index in [2.05, 4.69) is 18.9 Å². The molecule has 2 unspecified atom stereocenters. The fourth-order valence-electron chi connectivity index (χ4n) is 2.18. The molecule has 1 fully saturated rings. The molecule has 2 heterocycles. The molecular formula is C11H19N3O2. The Morgan fingerprint density at radius 1 is 1.44 bits per heavy atom. The van der Waals surface area contributed by atoms with Crippen LogP contribution in [0.2, 0.25) is 0 Å². The summed E-state index contributed by atoms with van der Waals surface area (Å²) in [5, 5.41) is 4.18. The lowest BCUT2D eigenvalue weighted by Crippen LogP contribution is -2.35. The summed E-state index contributed by atoms with van der Waals surface area (Å²) < 4.78 is 13.1. The second-order valence-electron chi connectivity index (χ2n) is 4.53. The first kappa shape index (κ1) is 11.3. The maximum Gasteiger partial charge on any atom is 0.256 e. The fraction of sp³-hybridized carbons (Fsp3) is 0.727. The number of ether oxygens (including phenoxy) is 2. The number of nitrogen functional groups attached to an aromatic ring is 1. The van der Waals surface area contributed by atoms with Crippen LogP contribution >= 0.6 is 0 Å². The Bertz CT molecular complexity index is 354. The molecule has 1 aliphatic rings. The predicted molar refractivity (Wildman–Crippen MR) is 61.3 cm³/mol. The third kappa shape index (κ3) is 2.47. The Morgan fingerprint density at radius 3 is 2.56 bits per heavy atom. The number of aromatic nitrogens is 2. The van der Waals surface area contributed by atoms with Crippen LogP contribution in [0.15, 0.2) is 6.20 Å². The minimum Gasteiger partial charge on any atom is -0.472 e. The van der Waals surface area contributed by atoms with Crippen molar-refractivity contribution in [3.63, 3.8) is 0 Å². The first-order chi connectivity index (χ1) is 7.54. The van der Waals surface area contributed by atoms with Gasteiger partial charge in [0, 0.05) is 19.9 Å². The molecule has 5 heteroatoms. The third-order valence-corrected chi connectivity index (χ3v) is 2.75. The zero-order valence-electron chi connectivity index (χ0n) is 10.0. The number of aryl methyl sites for hydroxylation is 1. The Hall–Kier alpha value is -1.23. The molecule has 0 bridgehead atoms. The van der Waals surface area contributed by atoms with Crippen molar-refractivity contribution in [1.29, 1.82) is 0 Å². The number of rotatable bonds is 2. The van der Waals surface area contributed by atoms with E-state index in [9.17, 15) is 0 Å². The molecule has 0 radical (unpaired) electrons. The molecule has 0 aliphatic carbocycles. The predicted octanol–water partition coefficient (Wildman–Crippen LogP) is 1.34. The molecule has 2 rings (SSSR count). The lowest BCUT2D eigenvalue weighted by molar-refractivity contribution is -0.0729. The Kier molecular flexibility index (Phi) is 3.05. The molecule has 1 aromatic rings. The summed E-state index contributed by atoms with van der Waals surface area (Å²) in [6.07, 6.45) is 4.15. The minimum absolute atomic E-state index is 0.149. The second kappa shape index (κ2) is 4.33. The highest BCUT2D eigenvalue weighted by Gasteiger charge is 2.26. The smallest absolute Gasteiger partial charge is 0.256 e. The summed E-state index contributed by atoms with van der Waals surface area (Å²) in [7, 11) is 1.83. The summed E-state index contributed by atoms with van der Waals surface area (Å²) in [6.45, 7) is 4.13. The molecule has 1 saturated heterocycles. The summed E-state index contributed by atoms with van der Waals surface area (Å²) in [5.74, 6) is 0.536. The molecule has 0 aromatic carbocycles. The van der Waals surface area contributed by atoms with Crippen LogP contribution in [0.4, 0.5) is 5.69 Å². The van der Waals surface area contributed by atoms with Gasteiger partial charge in [-0.15, -0.1) is 5.10 Å². The maximum atomic E-state index is 5.81. The molecule has 2 N–H and O–H groups in total. The van der Waals surface area contributed by atoms with Gasteiger partial charge in [0.15, 0.2) is 0 Å². The van der Waals surface area contributed by atoms with Crippen LogP contribution in [-0.2, 0) is 11.8 Å². The van der Waals surface area contributed by atoms with Crippen LogP contribution in [0.5, 0.6) is 5.88 Å². The van der Waals surface area contributed by atoms with Crippen molar-refractivity contribution in [2.24, 2.45) is 7.05 Å². The van der Waals surface area contributed by atoms with Crippen LogP contribution < -0.4 is 10.5 Å². The molecule has 0 saturated carbocycles. The fourth-order valence-corrected chi connectivity index (χ4v) is 2.18. The van der Waals surface area contributed by atoms with E-state index in [-0.39, 0.29) is 18.3 Å². The van der Waals surface area contributed by atoms with Gasteiger partial charge in [0.05, 0.1) is 18.4 Å². The minimum atomic E-state index is 0.149. The van der Waals surface area contributed by atoms with Crippen molar-refractivity contribution in [2.45, 2.75) is 45.0 Å². The average Bonchev–Trinajstić information content (AvgIpc) is 2.43. The zero-order valence-corrected chi connectivity index (χ0v) is 10.0. The number of nitrogens with two attached hydrogens (primary N) is 1. The van der Waals surface area contributed by atoms with E-state index in [4.69, 9.17) is 15.2 Å². The van der Waals surface area contributed by atoms with Crippen LogP contribution in [-0.4, -0.2) is 28.1 Å². The molecule has 1 aliphatic heterocycles. The molecule has 90 valence electrons. The van der Waals surface area contributed by atoms with Crippen molar-refractivity contribution in [2.75, 3.05) is 5.73 Å². The lowest BCUT2D eigenvalue weighted by atomic mass is 10.0. The Labute approximate surface area is 95.5 Å². The second-order valence-corrected chi connectivity index (χ2v) is 4.53. The van der Waals surface area contributed by atoms with Crippen molar-refractivity contribution in [3.8, 4) is 5.88 Å². The summed E-state index contributed by atoms with van der Waals surface area (Å²) in [5.41, 5.74) is 6.38. The van der Waals surface area contributed by atoms with Crippen LogP contribution in [0.1, 0.15) is 26.7 Å². The summed E-state index contributed by atoms with van der Waals surface area (Å²) in [4.78, 5) is 0. The highest BCUT2D eigenvalue weighted by molar-refractivity contribution is 5.45. The maximum absolute atomic E-state index is 5.81. The van der Waals surface area contributed by atoms with Crippen LogP contribution in [0.25, 0.3) is 0 Å². The van der Waals surface area contributed by atoms with Crippen LogP contribution in [0.3, 0.4) is 0 Å². The summed E-state index contributed by atoms with van der Waals surface area (Å²) in [6, 6.07) is 0. The van der Waals surface area contributed by atoms with E-state index >= 15 is 0 Å². The van der Waals surface area contributed by atoms with E-state index in [1.807, 2.05) is 7.05 Å². The van der Waals surface area contributed by atoms with Gasteiger partial charge >= 0.3 is 0 Å². The number of hydrogen-bond acceptors (Lipinski definition) is 4. The van der Waals surface area contributed by atoms with Crippen molar-refractivity contribution < 1.29 is 9.47 Å². The third-order valence-electron chi connectivity index (χ3n) is 2.75. The van der Waals surface area contributed by atoms with Crippen molar-refractivity contribution in [3.05, 3.63) is 6.20 Å². The van der Waals surface area contributed by atoms with E-state index in [0.29, 0.717) is 11.6 Å². The lowest BCUT2D eigenvalue weighted by Gasteiger charge is -2.31. The van der Waals surface area contributed by atoms with Gasteiger partial charge in [0.1, 0.15) is 11.8 Å². The van der Waals surface area contributed by atoms with Gasteiger partial charge in [-0.25, -0.2) is 0 Å². The molecule has 5 nitrogen and oxygen atoms in total. The van der Waals surface area contributed by atoms with Gasteiger partial charge in [-0.2, -0.15) is 0 Å². The van der Waals surface area contributed by atoms with Gasteiger partial charge < -0.3 is 15.2 Å². The monoisotopic (exact) mass is 225 g/mol. The van der Waals surface area contributed by atoms with Crippen molar-refractivity contribution in [1.82, 2.24) is 9.78 Å². The van der Waals surface area contributed by atoms with E-state index in [1.54, 1.807) is 10.9 Å². The molecule has 0 amide bonds. The quantitative estimate of drug-likeness (QED) is 0.825. The molecule has 16 heavy (non-hydrogen) atoms. The zero-order chi connectivity index (χ0) is 11.7. The highest BCUT2D eigenvalue weighted by Crippen LogP contribution is 2.26. The first-order valence-corrected chi connectivity index (χ1v) is 5.66. The molecular weight excluding hydrogens is 206 g/mol. The SMILES string of the molecule is CC1CC(Oc2nn(C)cc2N)CC(C)O1. The molecule has 0 spiro atoms. The largest absolute Gasteiger partial charge is 0.472 e. The van der Waals surface area contributed by atoms with Gasteiger partial charge in [0.2, 0.25) is 0 Å². The summed E-state index contributed by atoms with van der Waals surface area (Å²) >= 11 is 0. The molecule has 1 aromatic heterocycles. The number of nitrogens with zero attached hydrogens (tertiary/aromatic N) is 2. The van der Waals surface area contributed by atoms with Gasteiger partial charge in [0.25, 0.3) is 5.88 Å². The normalized spacial score (nSPS) is 30.3. The van der Waals surface area contributed by atoms with Crippen LogP contribution in [0, 0.1) is 0 Å². The first-order valence-electron chi connectivity index (χ1n) is 5.66. The Balaban J connectivity index is 2.01. The van der Waals surface area contributed by atoms with Gasteiger partial charge in [-0.1, -0.05) is 0 Å². The topological polar surface area (TPSA) is 62.3 Å². The molecule has 2 atom stereocenters. The Morgan fingerprint density at radius 2 is 2.06 bits per heavy atom. The number of hydrogen-bond donors (Lipinski definition) is 1. The van der Waals surface area contributed by atoms with Crippen molar-refractivity contribution >= 4 is 5.69 Å². The van der Waals surface area contributed by atoms with Gasteiger partial charge in [-0.3, -0.25) is 4.68 Å². The van der Waals surface area contributed by atoms with Gasteiger partial charge in [-0.05, 0) is 13.8 Å². The average molecular weight is 225 g/mol. The highest BCUT2D eigenvalue weighted by atomic mass is 16.5.